The molecular formula is C14H15NO2S2. The van der Waals surface area contributed by atoms with Crippen LogP contribution in [0, 0.1) is 16.0 Å². The van der Waals surface area contributed by atoms with E-state index < -0.39 is 0 Å². The van der Waals surface area contributed by atoms with Crippen LogP contribution in [-0.2, 0) is 0 Å². The van der Waals surface area contributed by atoms with Crippen molar-refractivity contribution in [2.24, 2.45) is 5.92 Å². The van der Waals surface area contributed by atoms with Crippen LogP contribution >= 0.6 is 22.7 Å². The molecule has 0 saturated carbocycles. The maximum Gasteiger partial charge on any atom is 0.247 e. The van der Waals surface area contributed by atoms with Crippen LogP contribution in [0.2, 0.25) is 0 Å². The zero-order chi connectivity index (χ0) is 13.8. The number of allylic oxidation sites excluding steroid dienone is 1. The third-order valence-electron chi connectivity index (χ3n) is 2.59. The Morgan fingerprint density at radius 1 is 1.47 bits per heavy atom. The molecular weight excluding hydrogens is 278 g/mol. The largest absolute Gasteiger partial charge is 0.259 e. The first-order valence-electron chi connectivity index (χ1n) is 6.03. The van der Waals surface area contributed by atoms with E-state index in [1.165, 1.54) is 4.88 Å². The Labute approximate surface area is 120 Å². The summed E-state index contributed by atoms with van der Waals surface area (Å²) in [5.74, 6) is 0.286. The van der Waals surface area contributed by atoms with Crippen molar-refractivity contribution in [1.82, 2.24) is 0 Å². The summed E-state index contributed by atoms with van der Waals surface area (Å²) in [5.41, 5.74) is 1.42. The predicted molar refractivity (Wildman–Crippen MR) is 82.1 cm³/mol. The van der Waals surface area contributed by atoms with Gasteiger partial charge < -0.3 is 0 Å². The van der Waals surface area contributed by atoms with Crippen molar-refractivity contribution in [3.63, 3.8) is 0 Å². The molecule has 2 rings (SSSR count). The lowest BCUT2D eigenvalue weighted by molar-refractivity contribution is -0.427. The van der Waals surface area contributed by atoms with Gasteiger partial charge in [-0.2, -0.15) is 0 Å². The monoisotopic (exact) mass is 293 g/mol. The average molecular weight is 293 g/mol. The van der Waals surface area contributed by atoms with E-state index in [9.17, 15) is 10.1 Å². The van der Waals surface area contributed by atoms with Crippen molar-refractivity contribution >= 4 is 28.7 Å². The van der Waals surface area contributed by atoms with Crippen LogP contribution in [-0.4, -0.2) is 4.92 Å². The molecule has 100 valence electrons. The Morgan fingerprint density at radius 3 is 2.84 bits per heavy atom. The molecule has 0 amide bonds. The Balaban J connectivity index is 2.24. The lowest BCUT2D eigenvalue weighted by atomic mass is 10.1. The number of nitrogens with zero attached hydrogens (tertiary/aromatic N) is 1. The minimum Gasteiger partial charge on any atom is -0.259 e. The first-order chi connectivity index (χ1) is 9.06. The molecule has 0 aliphatic carbocycles. The summed E-state index contributed by atoms with van der Waals surface area (Å²) in [4.78, 5) is 12.9. The van der Waals surface area contributed by atoms with Crippen LogP contribution in [0.25, 0.3) is 16.5 Å². The molecule has 0 N–H and O–H groups in total. The molecule has 3 nitrogen and oxygen atoms in total. The summed E-state index contributed by atoms with van der Waals surface area (Å²) >= 11 is 3.22. The standard InChI is InChI=1S/C14H15NO2S2/c1-10(2)6-12(15(16)17)8-13-7-11(9-19-13)14-4-3-5-18-14/h3-5,7-10H,6H2,1-2H3. The first-order valence-corrected chi connectivity index (χ1v) is 7.79. The molecule has 0 atom stereocenters. The van der Waals surface area contributed by atoms with E-state index >= 15 is 0 Å². The van der Waals surface area contributed by atoms with Crippen LogP contribution in [0.4, 0.5) is 0 Å². The third-order valence-corrected chi connectivity index (χ3v) is 4.38. The van der Waals surface area contributed by atoms with Gasteiger partial charge in [0.25, 0.3) is 0 Å². The topological polar surface area (TPSA) is 43.1 Å². The molecule has 0 fully saturated rings. The average Bonchev–Trinajstić information content (AvgIpc) is 2.97. The van der Waals surface area contributed by atoms with Crippen LogP contribution in [0.1, 0.15) is 25.1 Å². The maximum atomic E-state index is 11.0. The fraction of sp³-hybridized carbons (Fsp3) is 0.286. The van der Waals surface area contributed by atoms with E-state index in [2.05, 4.69) is 6.07 Å². The molecule has 0 aliphatic heterocycles. The number of hydrogen-bond acceptors (Lipinski definition) is 4. The highest BCUT2D eigenvalue weighted by molar-refractivity contribution is 7.15. The zero-order valence-corrected chi connectivity index (χ0v) is 12.5. The van der Waals surface area contributed by atoms with Crippen molar-refractivity contribution in [3.05, 3.63) is 49.6 Å². The van der Waals surface area contributed by atoms with Gasteiger partial charge in [-0.3, -0.25) is 10.1 Å². The molecule has 5 heteroatoms. The van der Waals surface area contributed by atoms with Crippen molar-refractivity contribution in [2.45, 2.75) is 20.3 Å². The molecule has 0 aromatic carbocycles. The SMILES string of the molecule is CC(C)CC(=Cc1cc(-c2cccs2)cs1)[N+](=O)[O-]. The van der Waals surface area contributed by atoms with Crippen molar-refractivity contribution < 1.29 is 4.92 Å². The molecule has 0 saturated heterocycles. The number of rotatable bonds is 5. The second kappa shape index (κ2) is 6.12. The fourth-order valence-corrected chi connectivity index (χ4v) is 3.42. The molecule has 19 heavy (non-hydrogen) atoms. The summed E-state index contributed by atoms with van der Waals surface area (Å²) in [6.07, 6.45) is 2.20. The first kappa shape index (κ1) is 14.0. The minimum atomic E-state index is -0.273. The quantitative estimate of drug-likeness (QED) is 0.566. The lowest BCUT2D eigenvalue weighted by Crippen LogP contribution is -2.01. The maximum absolute atomic E-state index is 11.0. The van der Waals surface area contributed by atoms with Gasteiger partial charge in [-0.1, -0.05) is 19.9 Å². The number of thiophene rings is 2. The summed E-state index contributed by atoms with van der Waals surface area (Å²) < 4.78 is 0. The Kier molecular flexibility index (Phi) is 4.50. The summed E-state index contributed by atoms with van der Waals surface area (Å²) in [7, 11) is 0. The van der Waals surface area contributed by atoms with E-state index in [4.69, 9.17) is 0 Å². The second-order valence-electron chi connectivity index (χ2n) is 4.71. The van der Waals surface area contributed by atoms with Crippen molar-refractivity contribution in [3.8, 4) is 10.4 Å². The van der Waals surface area contributed by atoms with E-state index in [0.29, 0.717) is 6.42 Å². The van der Waals surface area contributed by atoms with Gasteiger partial charge >= 0.3 is 0 Å². The van der Waals surface area contributed by atoms with Crippen LogP contribution in [0.15, 0.2) is 34.7 Å². The third kappa shape index (κ3) is 3.75. The van der Waals surface area contributed by atoms with Crippen LogP contribution in [0.3, 0.4) is 0 Å². The van der Waals surface area contributed by atoms with E-state index in [-0.39, 0.29) is 16.5 Å². The van der Waals surface area contributed by atoms with Crippen LogP contribution in [0.5, 0.6) is 0 Å². The highest BCUT2D eigenvalue weighted by Crippen LogP contribution is 2.30. The summed E-state index contributed by atoms with van der Waals surface area (Å²) in [5, 5.41) is 15.1. The molecule has 0 spiro atoms. The number of hydrogen-bond donors (Lipinski definition) is 0. The number of nitro groups is 1. The molecule has 2 aromatic heterocycles. The van der Waals surface area contributed by atoms with Gasteiger partial charge in [0.05, 0.1) is 4.92 Å². The molecule has 0 aliphatic rings. The normalized spacial score (nSPS) is 12.1. The second-order valence-corrected chi connectivity index (χ2v) is 6.60. The van der Waals surface area contributed by atoms with Gasteiger partial charge in [-0.15, -0.1) is 22.7 Å². The Hall–Kier alpha value is -1.46. The van der Waals surface area contributed by atoms with Gasteiger partial charge in [0.15, 0.2) is 0 Å². The fourth-order valence-electron chi connectivity index (χ4n) is 1.77. The lowest BCUT2D eigenvalue weighted by Gasteiger charge is -2.01. The molecule has 2 aromatic rings. The predicted octanol–water partition coefficient (Wildman–Crippen LogP) is 5.14. The van der Waals surface area contributed by atoms with Gasteiger partial charge in [0.1, 0.15) is 0 Å². The molecule has 2 heterocycles. The van der Waals surface area contributed by atoms with Crippen molar-refractivity contribution in [1.29, 1.82) is 0 Å². The molecule has 0 radical (unpaired) electrons. The summed E-state index contributed by atoms with van der Waals surface area (Å²) in [6.45, 7) is 3.98. The van der Waals surface area contributed by atoms with Crippen LogP contribution < -0.4 is 0 Å². The van der Waals surface area contributed by atoms with Gasteiger partial charge in [0, 0.05) is 27.8 Å². The summed E-state index contributed by atoms with van der Waals surface area (Å²) in [6, 6.07) is 6.08. The Bertz CT molecular complexity index is 582. The van der Waals surface area contributed by atoms with Crippen molar-refractivity contribution in [2.75, 3.05) is 0 Å². The van der Waals surface area contributed by atoms with E-state index in [1.54, 1.807) is 28.7 Å². The minimum absolute atomic E-state index is 0.273. The highest BCUT2D eigenvalue weighted by atomic mass is 32.1. The van der Waals surface area contributed by atoms with Gasteiger partial charge in [-0.25, -0.2) is 0 Å². The Morgan fingerprint density at radius 2 is 2.26 bits per heavy atom. The van der Waals surface area contributed by atoms with E-state index in [0.717, 1.165) is 10.4 Å². The smallest absolute Gasteiger partial charge is 0.247 e. The van der Waals surface area contributed by atoms with Gasteiger partial charge in [-0.05, 0) is 28.8 Å². The zero-order valence-electron chi connectivity index (χ0n) is 10.8. The molecule has 0 bridgehead atoms. The van der Waals surface area contributed by atoms with Gasteiger partial charge in [0.2, 0.25) is 5.70 Å². The van der Waals surface area contributed by atoms with E-state index in [1.807, 2.05) is 36.7 Å². The highest BCUT2D eigenvalue weighted by Gasteiger charge is 2.14. The molecule has 0 unspecified atom stereocenters.